The first-order valence-electron chi connectivity index (χ1n) is 10.6. The fourth-order valence-corrected chi connectivity index (χ4v) is 6.43. The highest BCUT2D eigenvalue weighted by Gasteiger charge is 2.31. The lowest BCUT2D eigenvalue weighted by molar-refractivity contribution is -0.128. The quantitative estimate of drug-likeness (QED) is 0.303. The third-order valence-corrected chi connectivity index (χ3v) is 8.38. The summed E-state index contributed by atoms with van der Waals surface area (Å²) in [6.07, 6.45) is 2.25. The zero-order valence-electron chi connectivity index (χ0n) is 17.7. The Labute approximate surface area is 199 Å². The number of hydrogen-bond acceptors (Lipinski definition) is 7. The Balaban J connectivity index is 1.35. The third kappa shape index (κ3) is 4.69. The van der Waals surface area contributed by atoms with E-state index in [0.717, 1.165) is 45.9 Å². The number of nitrogens with zero attached hydrogens (tertiary/aromatic N) is 5. The molecule has 0 unspecified atom stereocenters. The smallest absolute Gasteiger partial charge is 0.233 e. The standard InChI is InChI=1S/C23H23N5OS3/c1-2-27(16-12-13-16)21(29)15-30-22-26-25-20(28(22)17-8-4-3-5-9-17)14-31-23-24-18-10-6-7-11-19(18)32-23/h3-11,16H,2,12-15H2,1H3. The number of thioether (sulfide) groups is 2. The predicted molar refractivity (Wildman–Crippen MR) is 132 cm³/mol. The average molecular weight is 482 g/mol. The first-order valence-corrected chi connectivity index (χ1v) is 13.4. The summed E-state index contributed by atoms with van der Waals surface area (Å²) in [6, 6.07) is 18.7. The molecule has 0 saturated heterocycles. The van der Waals surface area contributed by atoms with E-state index in [4.69, 9.17) is 4.98 Å². The maximum atomic E-state index is 12.7. The molecule has 32 heavy (non-hydrogen) atoms. The molecule has 0 aliphatic heterocycles. The van der Waals surface area contributed by atoms with Crippen LogP contribution in [0.5, 0.6) is 0 Å². The average Bonchev–Trinajstić information content (AvgIpc) is 3.43. The molecule has 6 nitrogen and oxygen atoms in total. The Morgan fingerprint density at radius 3 is 2.62 bits per heavy atom. The SMILES string of the molecule is CCN(C(=O)CSc1nnc(CSc2nc3ccccc3s2)n1-c1ccccc1)C1CC1. The molecule has 2 aromatic carbocycles. The van der Waals surface area contributed by atoms with Gasteiger partial charge in [0.1, 0.15) is 5.82 Å². The summed E-state index contributed by atoms with van der Waals surface area (Å²) in [5, 5.41) is 9.66. The van der Waals surface area contributed by atoms with Gasteiger partial charge in [-0.25, -0.2) is 4.98 Å². The summed E-state index contributed by atoms with van der Waals surface area (Å²) in [4.78, 5) is 19.4. The maximum absolute atomic E-state index is 12.7. The second-order valence-electron chi connectivity index (χ2n) is 7.51. The number of amides is 1. The lowest BCUT2D eigenvalue weighted by Gasteiger charge is -2.20. The van der Waals surface area contributed by atoms with E-state index in [0.29, 0.717) is 17.5 Å². The van der Waals surface area contributed by atoms with Crippen LogP contribution in [0, 0.1) is 0 Å². The van der Waals surface area contributed by atoms with Crippen molar-refractivity contribution in [3.63, 3.8) is 0 Å². The number of aromatic nitrogens is 4. The maximum Gasteiger partial charge on any atom is 0.233 e. The molecule has 0 N–H and O–H groups in total. The Hall–Kier alpha value is -2.36. The number of benzene rings is 2. The highest BCUT2D eigenvalue weighted by molar-refractivity contribution is 8.00. The van der Waals surface area contributed by atoms with Gasteiger partial charge >= 0.3 is 0 Å². The van der Waals surface area contributed by atoms with Crippen molar-refractivity contribution in [2.24, 2.45) is 0 Å². The van der Waals surface area contributed by atoms with Crippen LogP contribution >= 0.6 is 34.9 Å². The summed E-state index contributed by atoms with van der Waals surface area (Å²) in [5.41, 5.74) is 2.03. The summed E-state index contributed by atoms with van der Waals surface area (Å²) in [5.74, 6) is 2.05. The van der Waals surface area contributed by atoms with Crippen molar-refractivity contribution in [1.29, 1.82) is 0 Å². The highest BCUT2D eigenvalue weighted by Crippen LogP contribution is 2.33. The number of carbonyl (C=O) groups excluding carboxylic acids is 1. The van der Waals surface area contributed by atoms with E-state index in [1.54, 1.807) is 23.1 Å². The van der Waals surface area contributed by atoms with E-state index in [9.17, 15) is 4.79 Å². The monoisotopic (exact) mass is 481 g/mol. The Kier molecular flexibility index (Phi) is 6.47. The van der Waals surface area contributed by atoms with Crippen molar-refractivity contribution in [2.75, 3.05) is 12.3 Å². The lowest BCUT2D eigenvalue weighted by Crippen LogP contribution is -2.34. The number of rotatable bonds is 9. The molecule has 2 heterocycles. The zero-order chi connectivity index (χ0) is 21.9. The van der Waals surface area contributed by atoms with Gasteiger partial charge in [0.2, 0.25) is 5.91 Å². The second-order valence-corrected chi connectivity index (χ2v) is 10.7. The van der Waals surface area contributed by atoms with E-state index in [1.165, 1.54) is 16.5 Å². The molecule has 1 aliphatic carbocycles. The Morgan fingerprint density at radius 2 is 1.88 bits per heavy atom. The van der Waals surface area contributed by atoms with Crippen LogP contribution in [0.15, 0.2) is 64.1 Å². The van der Waals surface area contributed by atoms with E-state index < -0.39 is 0 Å². The molecule has 0 radical (unpaired) electrons. The summed E-state index contributed by atoms with van der Waals surface area (Å²) in [6.45, 7) is 2.81. The normalized spacial score (nSPS) is 13.5. The molecule has 1 aliphatic rings. The van der Waals surface area contributed by atoms with Crippen molar-refractivity contribution in [3.05, 3.63) is 60.4 Å². The number of thiazole rings is 1. The molecule has 1 fully saturated rings. The molecule has 0 bridgehead atoms. The van der Waals surface area contributed by atoms with Crippen LogP contribution in [0.25, 0.3) is 15.9 Å². The minimum Gasteiger partial charge on any atom is -0.339 e. The minimum absolute atomic E-state index is 0.174. The molecular weight excluding hydrogens is 458 g/mol. The lowest BCUT2D eigenvalue weighted by atomic mass is 10.3. The van der Waals surface area contributed by atoms with E-state index in [1.807, 2.05) is 60.4 Å². The molecule has 1 saturated carbocycles. The zero-order valence-corrected chi connectivity index (χ0v) is 20.1. The van der Waals surface area contributed by atoms with Crippen molar-refractivity contribution >= 4 is 51.0 Å². The van der Waals surface area contributed by atoms with Crippen LogP contribution in [0.4, 0.5) is 0 Å². The minimum atomic E-state index is 0.174. The van der Waals surface area contributed by atoms with E-state index in [2.05, 4.69) is 20.8 Å². The van der Waals surface area contributed by atoms with Crippen LogP contribution in [-0.2, 0) is 10.5 Å². The van der Waals surface area contributed by atoms with Crippen LogP contribution in [0.2, 0.25) is 0 Å². The van der Waals surface area contributed by atoms with Crippen molar-refractivity contribution in [1.82, 2.24) is 24.6 Å². The largest absolute Gasteiger partial charge is 0.339 e. The summed E-state index contributed by atoms with van der Waals surface area (Å²) < 4.78 is 4.26. The second kappa shape index (κ2) is 9.64. The van der Waals surface area contributed by atoms with Crippen LogP contribution < -0.4 is 0 Å². The predicted octanol–water partition coefficient (Wildman–Crippen LogP) is 5.27. The molecule has 0 atom stereocenters. The topological polar surface area (TPSA) is 63.9 Å². The molecule has 4 aromatic rings. The third-order valence-electron chi connectivity index (χ3n) is 5.29. The first kappa shape index (κ1) is 21.5. The van der Waals surface area contributed by atoms with Gasteiger partial charge in [0.05, 0.1) is 21.7 Å². The molecule has 0 spiro atoms. The Bertz CT molecular complexity index is 1190. The van der Waals surface area contributed by atoms with Gasteiger partial charge in [-0.05, 0) is 44.0 Å². The van der Waals surface area contributed by atoms with Crippen molar-refractivity contribution in [2.45, 2.75) is 41.1 Å². The van der Waals surface area contributed by atoms with E-state index >= 15 is 0 Å². The van der Waals surface area contributed by atoms with Crippen LogP contribution in [0.3, 0.4) is 0 Å². The van der Waals surface area contributed by atoms with Crippen LogP contribution in [-0.4, -0.2) is 48.9 Å². The number of carbonyl (C=O) groups is 1. The molecular formula is C23H23N5OS3. The van der Waals surface area contributed by atoms with Gasteiger partial charge in [-0.3, -0.25) is 9.36 Å². The number of hydrogen-bond donors (Lipinski definition) is 0. The fraction of sp³-hybridized carbons (Fsp3) is 0.304. The molecule has 1 amide bonds. The van der Waals surface area contributed by atoms with Crippen LogP contribution in [0.1, 0.15) is 25.6 Å². The summed E-state index contributed by atoms with van der Waals surface area (Å²) >= 11 is 4.82. The summed E-state index contributed by atoms with van der Waals surface area (Å²) in [7, 11) is 0. The van der Waals surface area contributed by atoms with Gasteiger partial charge in [-0.1, -0.05) is 53.9 Å². The number of fused-ring (bicyclic) bond motifs is 1. The van der Waals surface area contributed by atoms with Gasteiger partial charge in [-0.15, -0.1) is 21.5 Å². The highest BCUT2D eigenvalue weighted by atomic mass is 32.2. The van der Waals surface area contributed by atoms with Gasteiger partial charge in [0, 0.05) is 18.3 Å². The number of para-hydroxylation sites is 2. The molecule has 164 valence electrons. The van der Waals surface area contributed by atoms with Gasteiger partial charge in [0.25, 0.3) is 0 Å². The van der Waals surface area contributed by atoms with Crippen molar-refractivity contribution in [3.8, 4) is 5.69 Å². The molecule has 9 heteroatoms. The first-order chi connectivity index (χ1) is 15.7. The molecule has 2 aromatic heterocycles. The van der Waals surface area contributed by atoms with E-state index in [-0.39, 0.29) is 5.91 Å². The van der Waals surface area contributed by atoms with Gasteiger partial charge < -0.3 is 4.90 Å². The van der Waals surface area contributed by atoms with Gasteiger partial charge in [-0.2, -0.15) is 0 Å². The fourth-order valence-electron chi connectivity index (χ4n) is 3.60. The molecule has 5 rings (SSSR count). The van der Waals surface area contributed by atoms with Gasteiger partial charge in [0.15, 0.2) is 9.50 Å². The van der Waals surface area contributed by atoms with Crippen molar-refractivity contribution < 1.29 is 4.79 Å². The Morgan fingerprint density at radius 1 is 1.09 bits per heavy atom.